The minimum absolute atomic E-state index is 0.131. The van der Waals surface area contributed by atoms with Crippen LogP contribution in [0.3, 0.4) is 0 Å². The lowest BCUT2D eigenvalue weighted by atomic mass is 10.1. The average molecular weight is 403 g/mol. The van der Waals surface area contributed by atoms with Crippen LogP contribution in [-0.2, 0) is 11.2 Å². The van der Waals surface area contributed by atoms with Gasteiger partial charge in [-0.15, -0.1) is 0 Å². The van der Waals surface area contributed by atoms with E-state index in [1.54, 1.807) is 18.1 Å². The largest absolute Gasteiger partial charge is 0.496 e. The summed E-state index contributed by atoms with van der Waals surface area (Å²) in [4.78, 5) is 26.5. The van der Waals surface area contributed by atoms with Crippen molar-refractivity contribution in [1.82, 2.24) is 0 Å². The molecule has 0 aromatic heterocycles. The van der Waals surface area contributed by atoms with Gasteiger partial charge in [0.1, 0.15) is 5.75 Å². The Kier molecular flexibility index (Phi) is 4.81. The van der Waals surface area contributed by atoms with Gasteiger partial charge in [-0.25, -0.2) is 0 Å². The highest BCUT2D eigenvalue weighted by Crippen LogP contribution is 2.39. The van der Waals surface area contributed by atoms with E-state index in [9.17, 15) is 9.59 Å². The lowest BCUT2D eigenvalue weighted by Crippen LogP contribution is -2.30. The monoisotopic (exact) mass is 402 g/mol. The molecule has 3 rings (SSSR count). The van der Waals surface area contributed by atoms with Crippen molar-refractivity contribution in [1.29, 1.82) is 0 Å². The van der Waals surface area contributed by atoms with Crippen molar-refractivity contribution < 1.29 is 14.3 Å². The molecule has 0 unspecified atom stereocenters. The van der Waals surface area contributed by atoms with Gasteiger partial charge in [-0.1, -0.05) is 27.6 Å². The summed E-state index contributed by atoms with van der Waals surface area (Å²) in [7, 11) is 1.55. The summed E-state index contributed by atoms with van der Waals surface area (Å²) in [6.45, 7) is 3.96. The standard InChI is InChI=1S/C19H19BrN2O3/c1-11-4-5-17(25-3)15(8-11)19(24)22-7-6-13-9-14(20)10-16(18(13)22)21-12(2)23/h4-5,8-10H,6-7H2,1-3H3,(H,21,23). The predicted octanol–water partition coefficient (Wildman–Crippen LogP) is 3.93. The van der Waals surface area contributed by atoms with E-state index >= 15 is 0 Å². The molecule has 0 bridgehead atoms. The summed E-state index contributed by atoms with van der Waals surface area (Å²) in [6.07, 6.45) is 0.737. The van der Waals surface area contributed by atoms with Gasteiger partial charge in [0.15, 0.2) is 0 Å². The number of methoxy groups -OCH3 is 1. The van der Waals surface area contributed by atoms with Gasteiger partial charge in [-0.05, 0) is 43.2 Å². The van der Waals surface area contributed by atoms with E-state index in [2.05, 4.69) is 21.2 Å². The molecular weight excluding hydrogens is 384 g/mol. The molecule has 1 heterocycles. The van der Waals surface area contributed by atoms with Crippen molar-refractivity contribution in [2.45, 2.75) is 20.3 Å². The second kappa shape index (κ2) is 6.88. The zero-order valence-corrected chi connectivity index (χ0v) is 15.9. The zero-order valence-electron chi connectivity index (χ0n) is 14.4. The number of halogens is 1. The van der Waals surface area contributed by atoms with Gasteiger partial charge < -0.3 is 15.0 Å². The molecule has 1 aliphatic rings. The van der Waals surface area contributed by atoms with E-state index in [0.717, 1.165) is 27.7 Å². The first kappa shape index (κ1) is 17.5. The molecule has 1 N–H and O–H groups in total. The predicted molar refractivity (Wildman–Crippen MR) is 102 cm³/mol. The SMILES string of the molecule is COc1ccc(C)cc1C(=O)N1CCc2cc(Br)cc(NC(C)=O)c21. The van der Waals surface area contributed by atoms with Crippen LogP contribution in [0.1, 0.15) is 28.4 Å². The number of amides is 2. The summed E-state index contributed by atoms with van der Waals surface area (Å²) in [5.74, 6) is 0.239. The number of anilines is 2. The normalized spacial score (nSPS) is 12.7. The number of rotatable bonds is 3. The molecular formula is C19H19BrN2O3. The number of benzene rings is 2. The minimum atomic E-state index is -0.173. The second-order valence-electron chi connectivity index (χ2n) is 6.05. The van der Waals surface area contributed by atoms with Gasteiger partial charge in [0, 0.05) is 17.9 Å². The number of aryl methyl sites for hydroxylation is 1. The molecule has 2 aromatic rings. The minimum Gasteiger partial charge on any atom is -0.496 e. The molecule has 2 amide bonds. The molecule has 0 spiro atoms. The molecule has 25 heavy (non-hydrogen) atoms. The highest BCUT2D eigenvalue weighted by atomic mass is 79.9. The molecule has 0 saturated heterocycles. The van der Waals surface area contributed by atoms with Crippen LogP contribution in [0.5, 0.6) is 5.75 Å². The third-order valence-corrected chi connectivity index (χ3v) is 4.63. The quantitative estimate of drug-likeness (QED) is 0.845. The van der Waals surface area contributed by atoms with Crippen LogP contribution in [0.25, 0.3) is 0 Å². The summed E-state index contributed by atoms with van der Waals surface area (Å²) >= 11 is 3.47. The summed E-state index contributed by atoms with van der Waals surface area (Å²) in [5.41, 5.74) is 3.92. The van der Waals surface area contributed by atoms with Crippen molar-refractivity contribution in [2.75, 3.05) is 23.9 Å². The van der Waals surface area contributed by atoms with Gasteiger partial charge in [-0.2, -0.15) is 0 Å². The van der Waals surface area contributed by atoms with Crippen LogP contribution in [-0.4, -0.2) is 25.5 Å². The van der Waals surface area contributed by atoms with Crippen LogP contribution in [0.15, 0.2) is 34.8 Å². The van der Waals surface area contributed by atoms with Crippen molar-refractivity contribution in [3.8, 4) is 5.75 Å². The summed E-state index contributed by atoms with van der Waals surface area (Å²) in [5, 5.41) is 2.83. The van der Waals surface area contributed by atoms with E-state index in [-0.39, 0.29) is 11.8 Å². The van der Waals surface area contributed by atoms with E-state index in [4.69, 9.17) is 4.74 Å². The lowest BCUT2D eigenvalue weighted by Gasteiger charge is -2.22. The number of nitrogens with zero attached hydrogens (tertiary/aromatic N) is 1. The maximum absolute atomic E-state index is 13.2. The van der Waals surface area contributed by atoms with E-state index < -0.39 is 0 Å². The number of ether oxygens (including phenoxy) is 1. The highest BCUT2D eigenvalue weighted by molar-refractivity contribution is 9.10. The molecule has 1 aliphatic heterocycles. The molecule has 0 saturated carbocycles. The van der Waals surface area contributed by atoms with Crippen LogP contribution >= 0.6 is 15.9 Å². The first-order valence-corrected chi connectivity index (χ1v) is 8.76. The fourth-order valence-electron chi connectivity index (χ4n) is 3.13. The van der Waals surface area contributed by atoms with Crippen molar-refractivity contribution in [2.24, 2.45) is 0 Å². The van der Waals surface area contributed by atoms with Gasteiger partial charge in [0.05, 0.1) is 24.0 Å². The van der Waals surface area contributed by atoms with Crippen LogP contribution < -0.4 is 15.0 Å². The van der Waals surface area contributed by atoms with E-state index in [1.165, 1.54) is 6.92 Å². The Bertz CT molecular complexity index is 864. The number of carbonyl (C=O) groups is 2. The number of hydrogen-bond acceptors (Lipinski definition) is 3. The number of fused-ring (bicyclic) bond motifs is 1. The summed E-state index contributed by atoms with van der Waals surface area (Å²) < 4.78 is 6.23. The number of hydrogen-bond donors (Lipinski definition) is 1. The third kappa shape index (κ3) is 3.39. The first-order valence-electron chi connectivity index (χ1n) is 7.97. The van der Waals surface area contributed by atoms with Crippen molar-refractivity contribution in [3.05, 3.63) is 51.5 Å². The van der Waals surface area contributed by atoms with Crippen molar-refractivity contribution in [3.63, 3.8) is 0 Å². The highest BCUT2D eigenvalue weighted by Gasteiger charge is 2.30. The molecule has 0 atom stereocenters. The maximum Gasteiger partial charge on any atom is 0.262 e. The molecule has 0 aliphatic carbocycles. The lowest BCUT2D eigenvalue weighted by molar-refractivity contribution is -0.114. The zero-order chi connectivity index (χ0) is 18.1. The molecule has 2 aromatic carbocycles. The van der Waals surface area contributed by atoms with Gasteiger partial charge >= 0.3 is 0 Å². The summed E-state index contributed by atoms with van der Waals surface area (Å²) in [6, 6.07) is 9.35. The molecule has 130 valence electrons. The van der Waals surface area contributed by atoms with Gasteiger partial charge in [-0.3, -0.25) is 9.59 Å². The van der Waals surface area contributed by atoms with E-state index in [0.29, 0.717) is 23.5 Å². The molecule has 6 heteroatoms. The fourth-order valence-corrected chi connectivity index (χ4v) is 3.64. The Morgan fingerprint density at radius 2 is 2.00 bits per heavy atom. The molecule has 5 nitrogen and oxygen atoms in total. The fraction of sp³-hybridized carbons (Fsp3) is 0.263. The Balaban J connectivity index is 2.07. The average Bonchev–Trinajstić information content (AvgIpc) is 2.97. The third-order valence-electron chi connectivity index (χ3n) is 4.17. The van der Waals surface area contributed by atoms with E-state index in [1.807, 2.05) is 31.2 Å². The smallest absolute Gasteiger partial charge is 0.262 e. The Morgan fingerprint density at radius 3 is 2.68 bits per heavy atom. The van der Waals surface area contributed by atoms with Crippen LogP contribution in [0, 0.1) is 6.92 Å². The molecule has 0 fully saturated rings. The van der Waals surface area contributed by atoms with Gasteiger partial charge in [0.25, 0.3) is 5.91 Å². The first-order chi connectivity index (χ1) is 11.9. The Morgan fingerprint density at radius 1 is 1.24 bits per heavy atom. The maximum atomic E-state index is 13.2. The van der Waals surface area contributed by atoms with Gasteiger partial charge in [0.2, 0.25) is 5.91 Å². The topological polar surface area (TPSA) is 58.6 Å². The Hall–Kier alpha value is -2.34. The Labute approximate surface area is 155 Å². The number of nitrogens with one attached hydrogen (secondary N) is 1. The van der Waals surface area contributed by atoms with Crippen LogP contribution in [0.4, 0.5) is 11.4 Å². The second-order valence-corrected chi connectivity index (χ2v) is 6.97. The van der Waals surface area contributed by atoms with Crippen molar-refractivity contribution >= 4 is 39.1 Å². The molecule has 0 radical (unpaired) electrons. The number of carbonyl (C=O) groups excluding carboxylic acids is 2. The van der Waals surface area contributed by atoms with Crippen LogP contribution in [0.2, 0.25) is 0 Å².